The van der Waals surface area contributed by atoms with E-state index in [9.17, 15) is 14.4 Å². The molecule has 2 rings (SSSR count). The molecule has 1 heterocycles. The van der Waals surface area contributed by atoms with E-state index in [1.165, 1.54) is 0 Å². The molecule has 1 aromatic heterocycles. The first-order chi connectivity index (χ1) is 8.09. The van der Waals surface area contributed by atoms with Gasteiger partial charge in [0.05, 0.1) is 5.69 Å². The van der Waals surface area contributed by atoms with Gasteiger partial charge in [0, 0.05) is 11.6 Å². The summed E-state index contributed by atoms with van der Waals surface area (Å²) in [6.45, 7) is 0. The van der Waals surface area contributed by atoms with E-state index in [-0.39, 0.29) is 10.4 Å². The van der Waals surface area contributed by atoms with E-state index in [1.54, 1.807) is 30.3 Å². The van der Waals surface area contributed by atoms with Crippen molar-refractivity contribution in [2.45, 2.75) is 0 Å². The Labute approximate surface area is 94.7 Å². The zero-order valence-electron chi connectivity index (χ0n) is 8.58. The van der Waals surface area contributed by atoms with Crippen molar-refractivity contribution >= 4 is 5.78 Å². The van der Waals surface area contributed by atoms with E-state index in [0.717, 1.165) is 6.07 Å². The minimum atomic E-state index is -1.04. The van der Waals surface area contributed by atoms with Gasteiger partial charge in [-0.1, -0.05) is 35.1 Å². The van der Waals surface area contributed by atoms with Gasteiger partial charge in [-0.05, 0) is 0 Å². The number of hydrogen-bond donors (Lipinski definition) is 2. The fourth-order valence-corrected chi connectivity index (χ4v) is 1.36. The maximum atomic E-state index is 11.9. The second kappa shape index (κ2) is 4.09. The molecule has 6 heteroatoms. The van der Waals surface area contributed by atoms with E-state index in [2.05, 4.69) is 4.98 Å². The lowest BCUT2D eigenvalue weighted by molar-refractivity contribution is 0.103. The molecule has 0 saturated heterocycles. The highest BCUT2D eigenvalue weighted by atomic mass is 16.5. The molecular formula is C11H8N2O4. The Hall–Kier alpha value is -2.63. The molecule has 0 atom stereocenters. The van der Waals surface area contributed by atoms with Crippen molar-refractivity contribution in [3.63, 3.8) is 0 Å². The highest BCUT2D eigenvalue weighted by Crippen LogP contribution is 2.04. The van der Waals surface area contributed by atoms with Gasteiger partial charge < -0.3 is 10.2 Å². The molecule has 0 saturated carbocycles. The first-order valence-corrected chi connectivity index (χ1v) is 4.75. The molecule has 86 valence electrons. The number of benzene rings is 1. The smallest absolute Gasteiger partial charge is 0.362 e. The monoisotopic (exact) mass is 232 g/mol. The molecular weight excluding hydrogens is 224 g/mol. The third kappa shape index (κ3) is 2.00. The van der Waals surface area contributed by atoms with Crippen molar-refractivity contribution in [2.24, 2.45) is 0 Å². The SMILES string of the molecule is O=C(c1ccccc1)c1cc(=O)n(O)c(=O)[nH]1. The topological polar surface area (TPSA) is 92.2 Å². The Kier molecular flexibility index (Phi) is 2.61. The van der Waals surface area contributed by atoms with Crippen LogP contribution >= 0.6 is 0 Å². The Morgan fingerprint density at radius 1 is 1.18 bits per heavy atom. The number of H-pyrrole nitrogens is 1. The van der Waals surface area contributed by atoms with Crippen molar-refractivity contribution in [3.05, 3.63) is 68.5 Å². The Bertz CT molecular complexity index is 639. The number of nitrogens with zero attached hydrogens (tertiary/aromatic N) is 1. The largest absolute Gasteiger partial charge is 0.421 e. The van der Waals surface area contributed by atoms with E-state index in [4.69, 9.17) is 5.21 Å². The van der Waals surface area contributed by atoms with Gasteiger partial charge in [-0.15, -0.1) is 0 Å². The summed E-state index contributed by atoms with van der Waals surface area (Å²) in [6.07, 6.45) is 0. The van der Waals surface area contributed by atoms with Crippen LogP contribution in [-0.4, -0.2) is 20.7 Å². The standard InChI is InChI=1S/C11H8N2O4/c14-9-6-8(12-11(16)13(9)17)10(15)7-4-2-1-3-5-7/h1-6,17H,(H,12,16). The fourth-order valence-electron chi connectivity index (χ4n) is 1.36. The van der Waals surface area contributed by atoms with E-state index >= 15 is 0 Å². The number of rotatable bonds is 2. The molecule has 2 aromatic rings. The van der Waals surface area contributed by atoms with Crippen LogP contribution in [-0.2, 0) is 0 Å². The van der Waals surface area contributed by atoms with Crippen LogP contribution in [0.25, 0.3) is 0 Å². The van der Waals surface area contributed by atoms with Crippen molar-refractivity contribution in [1.82, 2.24) is 9.71 Å². The molecule has 0 bridgehead atoms. The predicted octanol–water partition coefficient (Wildman–Crippen LogP) is 0.00490. The summed E-state index contributed by atoms with van der Waals surface area (Å²) in [4.78, 5) is 36.2. The van der Waals surface area contributed by atoms with Crippen LogP contribution in [0.5, 0.6) is 0 Å². The summed E-state index contributed by atoms with van der Waals surface area (Å²) >= 11 is 0. The van der Waals surface area contributed by atoms with Gasteiger partial charge in [0.2, 0.25) is 5.78 Å². The summed E-state index contributed by atoms with van der Waals surface area (Å²) in [6, 6.07) is 9.06. The number of nitrogens with one attached hydrogen (secondary N) is 1. The summed E-state index contributed by atoms with van der Waals surface area (Å²) in [5.74, 6) is -0.486. The number of aromatic nitrogens is 2. The van der Waals surface area contributed by atoms with Gasteiger partial charge in [0.15, 0.2) is 0 Å². The average molecular weight is 232 g/mol. The average Bonchev–Trinajstić information content (AvgIpc) is 2.35. The van der Waals surface area contributed by atoms with Crippen LogP contribution in [0.3, 0.4) is 0 Å². The zero-order valence-corrected chi connectivity index (χ0v) is 8.58. The summed E-state index contributed by atoms with van der Waals surface area (Å²) in [7, 11) is 0. The van der Waals surface area contributed by atoms with Crippen LogP contribution in [0.4, 0.5) is 0 Å². The number of hydrogen-bond acceptors (Lipinski definition) is 4. The van der Waals surface area contributed by atoms with E-state index < -0.39 is 17.0 Å². The number of ketones is 1. The summed E-state index contributed by atoms with van der Waals surface area (Å²) in [5.41, 5.74) is -1.81. The van der Waals surface area contributed by atoms with Crippen LogP contribution in [0, 0.1) is 0 Å². The molecule has 0 aliphatic rings. The van der Waals surface area contributed by atoms with Crippen molar-refractivity contribution in [1.29, 1.82) is 0 Å². The molecule has 6 nitrogen and oxygen atoms in total. The van der Waals surface area contributed by atoms with Gasteiger partial charge in [-0.2, -0.15) is 0 Å². The lowest BCUT2D eigenvalue weighted by Gasteiger charge is -2.01. The number of aromatic amines is 1. The van der Waals surface area contributed by atoms with Crippen LogP contribution in [0.15, 0.2) is 46.0 Å². The van der Waals surface area contributed by atoms with Crippen LogP contribution in [0.2, 0.25) is 0 Å². The quantitative estimate of drug-likeness (QED) is 0.563. The molecule has 0 aliphatic carbocycles. The molecule has 17 heavy (non-hydrogen) atoms. The maximum absolute atomic E-state index is 11.9. The Balaban J connectivity index is 2.53. The van der Waals surface area contributed by atoms with E-state index in [1.807, 2.05) is 0 Å². The van der Waals surface area contributed by atoms with Gasteiger partial charge in [-0.3, -0.25) is 9.59 Å². The van der Waals surface area contributed by atoms with Crippen molar-refractivity contribution in [3.8, 4) is 0 Å². The Morgan fingerprint density at radius 2 is 1.82 bits per heavy atom. The van der Waals surface area contributed by atoms with Gasteiger partial charge in [0.1, 0.15) is 0 Å². The molecule has 1 aromatic carbocycles. The first kappa shape index (κ1) is 10.9. The lowest BCUT2D eigenvalue weighted by atomic mass is 10.1. The van der Waals surface area contributed by atoms with E-state index in [0.29, 0.717) is 5.56 Å². The molecule has 0 unspecified atom stereocenters. The first-order valence-electron chi connectivity index (χ1n) is 4.75. The van der Waals surface area contributed by atoms with Gasteiger partial charge in [-0.25, -0.2) is 4.79 Å². The normalized spacial score (nSPS) is 10.1. The molecule has 0 radical (unpaired) electrons. The minimum Gasteiger partial charge on any atom is -0.421 e. The van der Waals surface area contributed by atoms with Crippen LogP contribution in [0.1, 0.15) is 16.1 Å². The zero-order chi connectivity index (χ0) is 12.4. The number of carbonyl (C=O) groups is 1. The second-order valence-corrected chi connectivity index (χ2v) is 3.33. The number of carbonyl (C=O) groups excluding carboxylic acids is 1. The molecule has 2 N–H and O–H groups in total. The van der Waals surface area contributed by atoms with Crippen molar-refractivity contribution in [2.75, 3.05) is 0 Å². The third-order valence-corrected chi connectivity index (χ3v) is 2.19. The maximum Gasteiger partial charge on any atom is 0.362 e. The molecule has 0 spiro atoms. The molecule has 0 fully saturated rings. The summed E-state index contributed by atoms with van der Waals surface area (Å²) in [5, 5.41) is 8.93. The second-order valence-electron chi connectivity index (χ2n) is 3.33. The molecule has 0 amide bonds. The van der Waals surface area contributed by atoms with Gasteiger partial charge in [0.25, 0.3) is 5.56 Å². The third-order valence-electron chi connectivity index (χ3n) is 2.19. The predicted molar refractivity (Wildman–Crippen MR) is 58.4 cm³/mol. The minimum absolute atomic E-state index is 0.0955. The summed E-state index contributed by atoms with van der Waals surface area (Å²) < 4.78 is -0.0955. The van der Waals surface area contributed by atoms with Gasteiger partial charge >= 0.3 is 5.69 Å². The fraction of sp³-hybridized carbons (Fsp3) is 0. The molecule has 0 aliphatic heterocycles. The highest BCUT2D eigenvalue weighted by Gasteiger charge is 2.12. The van der Waals surface area contributed by atoms with Crippen LogP contribution < -0.4 is 11.2 Å². The highest BCUT2D eigenvalue weighted by molar-refractivity contribution is 6.07. The van der Waals surface area contributed by atoms with Crippen molar-refractivity contribution < 1.29 is 10.0 Å². The lowest BCUT2D eigenvalue weighted by Crippen LogP contribution is -2.34. The Morgan fingerprint density at radius 3 is 2.41 bits per heavy atom.